The van der Waals surface area contributed by atoms with Gasteiger partial charge in [-0.1, -0.05) is 6.07 Å². The number of ether oxygens (including phenoxy) is 1. The van der Waals surface area contributed by atoms with Crippen molar-refractivity contribution in [3.63, 3.8) is 0 Å². The quantitative estimate of drug-likeness (QED) is 0.718. The van der Waals surface area contributed by atoms with E-state index in [4.69, 9.17) is 0 Å². The molecule has 0 unspecified atom stereocenters. The minimum absolute atomic E-state index is 0.0339. The Morgan fingerprint density at radius 3 is 2.53 bits per heavy atom. The highest BCUT2D eigenvalue weighted by Gasteiger charge is 2.35. The van der Waals surface area contributed by atoms with Crippen LogP contribution in [0.5, 0.6) is 5.75 Å². The predicted octanol–water partition coefficient (Wildman–Crippen LogP) is 2.41. The van der Waals surface area contributed by atoms with Gasteiger partial charge in [-0.3, -0.25) is 4.79 Å². The van der Waals surface area contributed by atoms with Crippen molar-refractivity contribution in [1.82, 2.24) is 9.62 Å². The Hall–Kier alpha value is -1.85. The van der Waals surface area contributed by atoms with Crippen molar-refractivity contribution in [2.24, 2.45) is 5.92 Å². The van der Waals surface area contributed by atoms with Crippen LogP contribution in [0.3, 0.4) is 0 Å². The van der Waals surface area contributed by atoms with Gasteiger partial charge in [0, 0.05) is 25.2 Å². The molecule has 0 radical (unpaired) electrons. The second kappa shape index (κ2) is 9.11. The number of carbonyl (C=O) groups is 1. The summed E-state index contributed by atoms with van der Waals surface area (Å²) in [4.78, 5) is 12.3. The summed E-state index contributed by atoms with van der Waals surface area (Å²) < 4.78 is 68.1. The second-order valence-corrected chi connectivity index (χ2v) is 9.68. The minimum atomic E-state index is -4.92. The largest absolute Gasteiger partial charge is 0.573 e. The molecule has 2 fully saturated rings. The van der Waals surface area contributed by atoms with Crippen LogP contribution in [-0.2, 0) is 14.8 Å². The molecule has 1 aromatic carbocycles. The van der Waals surface area contributed by atoms with Gasteiger partial charge in [-0.2, -0.15) is 4.31 Å². The normalized spacial score (nSPS) is 26.2. The van der Waals surface area contributed by atoms with E-state index in [0.29, 0.717) is 38.5 Å². The Bertz CT molecular complexity index is 854. The summed E-state index contributed by atoms with van der Waals surface area (Å²) in [5.41, 5.74) is 0. The van der Waals surface area contributed by atoms with Crippen LogP contribution in [0.25, 0.3) is 0 Å². The summed E-state index contributed by atoms with van der Waals surface area (Å²) in [5, 5.41) is 12.5. The third-order valence-corrected chi connectivity index (χ3v) is 7.34. The van der Waals surface area contributed by atoms with Gasteiger partial charge in [0.25, 0.3) is 0 Å². The Labute approximate surface area is 173 Å². The molecule has 1 amide bonds. The van der Waals surface area contributed by atoms with Gasteiger partial charge < -0.3 is 15.2 Å². The Kier molecular flexibility index (Phi) is 6.93. The number of alkyl halides is 3. The smallest absolute Gasteiger partial charge is 0.406 e. The molecular formula is C19H25F3N2O5S. The predicted molar refractivity (Wildman–Crippen MR) is 101 cm³/mol. The molecule has 168 valence electrons. The number of nitrogens with zero attached hydrogens (tertiary/aromatic N) is 1. The molecule has 2 aliphatic rings. The van der Waals surface area contributed by atoms with Crippen molar-refractivity contribution < 1.29 is 36.2 Å². The maximum atomic E-state index is 12.9. The summed E-state index contributed by atoms with van der Waals surface area (Å²) >= 11 is 0. The molecule has 1 atom stereocenters. The van der Waals surface area contributed by atoms with Crippen LogP contribution in [0.4, 0.5) is 13.2 Å². The number of aliphatic hydroxyl groups is 1. The van der Waals surface area contributed by atoms with E-state index in [1.807, 2.05) is 0 Å². The number of amides is 1. The third kappa shape index (κ3) is 5.86. The number of rotatable bonds is 5. The van der Waals surface area contributed by atoms with Gasteiger partial charge in [0.2, 0.25) is 15.9 Å². The van der Waals surface area contributed by atoms with Crippen LogP contribution in [0.15, 0.2) is 29.2 Å². The minimum Gasteiger partial charge on any atom is -0.406 e. The van der Waals surface area contributed by atoms with Gasteiger partial charge >= 0.3 is 6.36 Å². The lowest BCUT2D eigenvalue weighted by atomic mass is 9.92. The molecule has 0 aromatic heterocycles. The molecule has 2 N–H and O–H groups in total. The van der Waals surface area contributed by atoms with E-state index >= 15 is 0 Å². The van der Waals surface area contributed by atoms with Gasteiger partial charge in [0.05, 0.1) is 16.9 Å². The van der Waals surface area contributed by atoms with Crippen LogP contribution < -0.4 is 10.1 Å². The maximum Gasteiger partial charge on any atom is 0.573 e. The first-order valence-corrected chi connectivity index (χ1v) is 11.3. The third-order valence-electron chi connectivity index (χ3n) is 5.47. The molecule has 1 aliphatic carbocycles. The second-order valence-electron chi connectivity index (χ2n) is 7.74. The number of hydrogen-bond donors (Lipinski definition) is 2. The summed E-state index contributed by atoms with van der Waals surface area (Å²) in [6.45, 7) is 0.153. The van der Waals surface area contributed by atoms with E-state index in [0.717, 1.165) is 16.4 Å². The molecule has 1 saturated heterocycles. The van der Waals surface area contributed by atoms with E-state index in [1.165, 1.54) is 12.1 Å². The summed E-state index contributed by atoms with van der Waals surface area (Å²) in [6, 6.07) is 4.21. The first-order valence-electron chi connectivity index (χ1n) is 9.89. The average Bonchev–Trinajstić information content (AvgIpc) is 2.69. The van der Waals surface area contributed by atoms with Crippen molar-refractivity contribution in [3.05, 3.63) is 24.3 Å². The molecule has 1 aliphatic heterocycles. The lowest BCUT2D eigenvalue weighted by molar-refractivity contribution is -0.274. The van der Waals surface area contributed by atoms with Gasteiger partial charge in [-0.15, -0.1) is 13.2 Å². The SMILES string of the molecule is O=C(NC1CCC(O)CC1)[C@H]1CCCN(S(=O)(=O)c2cccc(OC(F)(F)F)c2)C1. The topological polar surface area (TPSA) is 95.9 Å². The van der Waals surface area contributed by atoms with Gasteiger partial charge in [-0.05, 0) is 50.7 Å². The van der Waals surface area contributed by atoms with E-state index in [2.05, 4.69) is 10.1 Å². The van der Waals surface area contributed by atoms with E-state index in [-0.39, 0.29) is 36.0 Å². The number of benzene rings is 1. The molecular weight excluding hydrogens is 425 g/mol. The number of sulfonamides is 1. The van der Waals surface area contributed by atoms with Crippen molar-refractivity contribution >= 4 is 15.9 Å². The summed E-state index contributed by atoms with van der Waals surface area (Å²) in [5.74, 6) is -1.38. The molecule has 11 heteroatoms. The standard InChI is InChI=1S/C19H25F3N2O5S/c20-19(21,22)29-16-4-1-5-17(11-16)30(27,28)24-10-2-3-13(12-24)18(26)23-14-6-8-15(25)9-7-14/h1,4-5,11,13-15,25H,2-3,6-10,12H2,(H,23,26)/t13-,14?,15?/m0/s1. The Morgan fingerprint density at radius 2 is 1.87 bits per heavy atom. The molecule has 1 aromatic rings. The van der Waals surface area contributed by atoms with Crippen LogP contribution in [0.1, 0.15) is 38.5 Å². The molecule has 0 spiro atoms. The molecule has 1 heterocycles. The lowest BCUT2D eigenvalue weighted by Crippen LogP contribution is -2.48. The zero-order valence-electron chi connectivity index (χ0n) is 16.3. The number of piperidine rings is 1. The monoisotopic (exact) mass is 450 g/mol. The fourth-order valence-corrected chi connectivity index (χ4v) is 5.45. The van der Waals surface area contributed by atoms with Crippen molar-refractivity contribution in [2.45, 2.75) is 61.9 Å². The lowest BCUT2D eigenvalue weighted by Gasteiger charge is -2.33. The van der Waals surface area contributed by atoms with Crippen LogP contribution in [0.2, 0.25) is 0 Å². The van der Waals surface area contributed by atoms with Gasteiger partial charge in [0.15, 0.2) is 0 Å². The first-order chi connectivity index (χ1) is 14.0. The highest BCUT2D eigenvalue weighted by Crippen LogP contribution is 2.29. The molecule has 7 nitrogen and oxygen atoms in total. The number of aliphatic hydroxyl groups excluding tert-OH is 1. The number of hydrogen-bond acceptors (Lipinski definition) is 5. The van der Waals surface area contributed by atoms with E-state index in [9.17, 15) is 31.5 Å². The zero-order chi connectivity index (χ0) is 21.9. The van der Waals surface area contributed by atoms with Crippen LogP contribution in [0, 0.1) is 5.92 Å². The molecule has 3 rings (SSSR count). The molecule has 30 heavy (non-hydrogen) atoms. The van der Waals surface area contributed by atoms with Gasteiger partial charge in [-0.25, -0.2) is 8.42 Å². The van der Waals surface area contributed by atoms with Crippen molar-refractivity contribution in [2.75, 3.05) is 13.1 Å². The number of nitrogens with one attached hydrogen (secondary N) is 1. The fraction of sp³-hybridized carbons (Fsp3) is 0.632. The highest BCUT2D eigenvalue weighted by molar-refractivity contribution is 7.89. The van der Waals surface area contributed by atoms with E-state index in [1.54, 1.807) is 0 Å². The molecule has 0 bridgehead atoms. The molecule has 1 saturated carbocycles. The highest BCUT2D eigenvalue weighted by atomic mass is 32.2. The van der Waals surface area contributed by atoms with Gasteiger partial charge in [0.1, 0.15) is 5.75 Å². The fourth-order valence-electron chi connectivity index (χ4n) is 3.89. The van der Waals surface area contributed by atoms with E-state index < -0.39 is 28.1 Å². The number of halogens is 3. The van der Waals surface area contributed by atoms with Crippen LogP contribution >= 0.6 is 0 Å². The summed E-state index contributed by atoms with van der Waals surface area (Å²) in [7, 11) is -4.07. The average molecular weight is 450 g/mol. The van der Waals surface area contributed by atoms with Crippen LogP contribution in [-0.4, -0.2) is 55.3 Å². The summed E-state index contributed by atoms with van der Waals surface area (Å²) in [6.07, 6.45) is -1.68. The Morgan fingerprint density at radius 1 is 1.17 bits per heavy atom. The zero-order valence-corrected chi connectivity index (χ0v) is 17.1. The van der Waals surface area contributed by atoms with Crippen molar-refractivity contribution in [3.8, 4) is 5.75 Å². The van der Waals surface area contributed by atoms with Crippen molar-refractivity contribution in [1.29, 1.82) is 0 Å². The first kappa shape index (κ1) is 22.8. The maximum absolute atomic E-state index is 12.9. The Balaban J connectivity index is 1.66. The number of carbonyl (C=O) groups excluding carboxylic acids is 1.